The molecule has 0 aliphatic heterocycles. The van der Waals surface area contributed by atoms with Gasteiger partial charge in [0.25, 0.3) is 0 Å². The fourth-order valence-electron chi connectivity index (χ4n) is 1.30. The van der Waals surface area contributed by atoms with Crippen molar-refractivity contribution in [3.05, 3.63) is 41.2 Å². The van der Waals surface area contributed by atoms with Crippen LogP contribution in [-0.2, 0) is 13.0 Å². The Kier molecular flexibility index (Phi) is 3.41. The van der Waals surface area contributed by atoms with Crippen molar-refractivity contribution in [2.45, 2.75) is 19.9 Å². The van der Waals surface area contributed by atoms with Crippen LogP contribution in [0.5, 0.6) is 0 Å². The second-order valence-electron chi connectivity index (χ2n) is 3.33. The van der Waals surface area contributed by atoms with Crippen LogP contribution in [-0.4, -0.2) is 9.97 Å². The summed E-state index contributed by atoms with van der Waals surface area (Å²) in [5, 5.41) is 3.63. The predicted octanol–water partition coefficient (Wildman–Crippen LogP) is 2.90. The van der Waals surface area contributed by atoms with E-state index in [0.717, 1.165) is 23.6 Å². The van der Waals surface area contributed by atoms with Gasteiger partial charge >= 0.3 is 0 Å². The standard InChI is InChI=1S/C11H12ClN3O/c1-2-10-14-9(12)5-11(15-10)13-6-8-3-4-16-7-8/h3-5,7H,2,6H2,1H3,(H,13,14,15). The zero-order valence-electron chi connectivity index (χ0n) is 8.90. The van der Waals surface area contributed by atoms with Gasteiger partial charge in [-0.05, 0) is 6.07 Å². The molecule has 0 atom stereocenters. The third kappa shape index (κ3) is 2.73. The summed E-state index contributed by atoms with van der Waals surface area (Å²) < 4.78 is 4.97. The molecular formula is C11H12ClN3O. The van der Waals surface area contributed by atoms with Crippen molar-refractivity contribution in [3.63, 3.8) is 0 Å². The van der Waals surface area contributed by atoms with Gasteiger partial charge in [0.2, 0.25) is 0 Å². The first kappa shape index (κ1) is 11.0. The highest BCUT2D eigenvalue weighted by atomic mass is 35.5. The molecule has 0 bridgehead atoms. The van der Waals surface area contributed by atoms with Crippen molar-refractivity contribution < 1.29 is 4.42 Å². The number of nitrogens with one attached hydrogen (secondary N) is 1. The van der Waals surface area contributed by atoms with Gasteiger partial charge in [-0.3, -0.25) is 0 Å². The molecule has 0 saturated carbocycles. The molecule has 2 heterocycles. The van der Waals surface area contributed by atoms with E-state index in [9.17, 15) is 0 Å². The Morgan fingerprint density at radius 2 is 2.31 bits per heavy atom. The van der Waals surface area contributed by atoms with E-state index in [4.69, 9.17) is 16.0 Å². The number of aryl methyl sites for hydroxylation is 1. The largest absolute Gasteiger partial charge is 0.472 e. The van der Waals surface area contributed by atoms with Crippen LogP contribution in [0.4, 0.5) is 5.82 Å². The molecule has 1 N–H and O–H groups in total. The molecule has 4 nitrogen and oxygen atoms in total. The Morgan fingerprint density at radius 3 is 3.00 bits per heavy atom. The van der Waals surface area contributed by atoms with Crippen molar-refractivity contribution in [1.82, 2.24) is 9.97 Å². The highest BCUT2D eigenvalue weighted by Gasteiger charge is 2.02. The van der Waals surface area contributed by atoms with Crippen LogP contribution in [0, 0.1) is 0 Å². The Balaban J connectivity index is 2.06. The van der Waals surface area contributed by atoms with Crippen molar-refractivity contribution in [2.75, 3.05) is 5.32 Å². The maximum atomic E-state index is 5.88. The van der Waals surface area contributed by atoms with Crippen molar-refractivity contribution in [3.8, 4) is 0 Å². The fraction of sp³-hybridized carbons (Fsp3) is 0.273. The minimum atomic E-state index is 0.460. The molecule has 0 radical (unpaired) electrons. The smallest absolute Gasteiger partial charge is 0.134 e. The lowest BCUT2D eigenvalue weighted by Crippen LogP contribution is -2.03. The van der Waals surface area contributed by atoms with Gasteiger partial charge in [0.15, 0.2) is 0 Å². The number of anilines is 1. The fourth-order valence-corrected chi connectivity index (χ4v) is 1.50. The molecule has 2 aromatic heterocycles. The van der Waals surface area contributed by atoms with Crippen LogP contribution in [0.2, 0.25) is 5.15 Å². The summed E-state index contributed by atoms with van der Waals surface area (Å²) in [6, 6.07) is 3.61. The molecule has 0 fully saturated rings. The monoisotopic (exact) mass is 237 g/mol. The third-order valence-electron chi connectivity index (χ3n) is 2.11. The van der Waals surface area contributed by atoms with E-state index in [1.54, 1.807) is 18.6 Å². The molecule has 0 aromatic carbocycles. The lowest BCUT2D eigenvalue weighted by Gasteiger charge is -2.05. The molecule has 2 rings (SSSR count). The molecule has 16 heavy (non-hydrogen) atoms. The Bertz CT molecular complexity index is 456. The van der Waals surface area contributed by atoms with Gasteiger partial charge in [-0.25, -0.2) is 9.97 Å². The second-order valence-corrected chi connectivity index (χ2v) is 3.72. The van der Waals surface area contributed by atoms with E-state index in [0.29, 0.717) is 11.7 Å². The summed E-state index contributed by atoms with van der Waals surface area (Å²) in [5.41, 5.74) is 1.06. The Hall–Kier alpha value is -1.55. The van der Waals surface area contributed by atoms with Gasteiger partial charge in [0.1, 0.15) is 16.8 Å². The van der Waals surface area contributed by atoms with Crippen LogP contribution in [0.15, 0.2) is 29.1 Å². The average molecular weight is 238 g/mol. The summed E-state index contributed by atoms with van der Waals surface area (Å²) in [4.78, 5) is 8.41. The number of halogens is 1. The first-order chi connectivity index (χ1) is 7.78. The van der Waals surface area contributed by atoms with Gasteiger partial charge in [-0.1, -0.05) is 18.5 Å². The van der Waals surface area contributed by atoms with E-state index in [-0.39, 0.29) is 0 Å². The molecular weight excluding hydrogens is 226 g/mol. The number of rotatable bonds is 4. The molecule has 0 unspecified atom stereocenters. The Morgan fingerprint density at radius 1 is 1.44 bits per heavy atom. The number of hydrogen-bond donors (Lipinski definition) is 1. The molecule has 5 heteroatoms. The van der Waals surface area contributed by atoms with E-state index in [1.807, 2.05) is 13.0 Å². The van der Waals surface area contributed by atoms with Crippen LogP contribution in [0.3, 0.4) is 0 Å². The number of nitrogens with zero attached hydrogens (tertiary/aromatic N) is 2. The zero-order valence-corrected chi connectivity index (χ0v) is 9.66. The van der Waals surface area contributed by atoms with Crippen LogP contribution in [0.1, 0.15) is 18.3 Å². The first-order valence-electron chi connectivity index (χ1n) is 5.06. The number of aromatic nitrogens is 2. The minimum Gasteiger partial charge on any atom is -0.472 e. The Labute approximate surface area is 98.7 Å². The molecule has 0 aliphatic rings. The highest BCUT2D eigenvalue weighted by Crippen LogP contribution is 2.13. The molecule has 0 aliphatic carbocycles. The van der Waals surface area contributed by atoms with Crippen molar-refractivity contribution in [2.24, 2.45) is 0 Å². The zero-order chi connectivity index (χ0) is 11.4. The molecule has 0 saturated heterocycles. The maximum Gasteiger partial charge on any atom is 0.134 e. The third-order valence-corrected chi connectivity index (χ3v) is 2.30. The van der Waals surface area contributed by atoms with Crippen molar-refractivity contribution in [1.29, 1.82) is 0 Å². The lowest BCUT2D eigenvalue weighted by molar-refractivity contribution is 0.564. The lowest BCUT2D eigenvalue weighted by atomic mass is 10.3. The van der Waals surface area contributed by atoms with Crippen LogP contribution < -0.4 is 5.32 Å². The van der Waals surface area contributed by atoms with Gasteiger partial charge < -0.3 is 9.73 Å². The number of furan rings is 1. The van der Waals surface area contributed by atoms with Gasteiger partial charge in [-0.15, -0.1) is 0 Å². The predicted molar refractivity (Wildman–Crippen MR) is 62.5 cm³/mol. The summed E-state index contributed by atoms with van der Waals surface area (Å²) in [7, 11) is 0. The average Bonchev–Trinajstić information content (AvgIpc) is 2.78. The van der Waals surface area contributed by atoms with E-state index in [2.05, 4.69) is 15.3 Å². The number of hydrogen-bond acceptors (Lipinski definition) is 4. The summed E-state index contributed by atoms with van der Waals surface area (Å²) >= 11 is 5.88. The van der Waals surface area contributed by atoms with Crippen molar-refractivity contribution >= 4 is 17.4 Å². The van der Waals surface area contributed by atoms with Gasteiger partial charge in [-0.2, -0.15) is 0 Å². The van der Waals surface area contributed by atoms with Gasteiger partial charge in [0, 0.05) is 24.6 Å². The molecule has 0 spiro atoms. The maximum absolute atomic E-state index is 5.88. The quantitative estimate of drug-likeness (QED) is 0.831. The summed E-state index contributed by atoms with van der Waals surface area (Å²) in [5.74, 6) is 1.47. The van der Waals surface area contributed by atoms with E-state index >= 15 is 0 Å². The van der Waals surface area contributed by atoms with E-state index in [1.165, 1.54) is 0 Å². The van der Waals surface area contributed by atoms with Crippen LogP contribution >= 0.6 is 11.6 Å². The molecule has 2 aromatic rings. The first-order valence-corrected chi connectivity index (χ1v) is 5.44. The molecule has 84 valence electrons. The highest BCUT2D eigenvalue weighted by molar-refractivity contribution is 6.29. The summed E-state index contributed by atoms with van der Waals surface area (Å²) in [6.45, 7) is 2.65. The topological polar surface area (TPSA) is 51.0 Å². The van der Waals surface area contributed by atoms with Crippen LogP contribution in [0.25, 0.3) is 0 Å². The SMILES string of the molecule is CCc1nc(Cl)cc(NCc2ccoc2)n1. The van der Waals surface area contributed by atoms with Gasteiger partial charge in [0.05, 0.1) is 12.5 Å². The second kappa shape index (κ2) is 4.99. The summed E-state index contributed by atoms with van der Waals surface area (Å²) in [6.07, 6.45) is 4.10. The normalized spacial score (nSPS) is 10.4. The van der Waals surface area contributed by atoms with E-state index < -0.39 is 0 Å². The minimum absolute atomic E-state index is 0.460. The molecule has 0 amide bonds.